The summed E-state index contributed by atoms with van der Waals surface area (Å²) in [6.07, 6.45) is -2.22. The SMILES string of the molecule is COC(=O)N(C)C(=O)O.Cl. The van der Waals surface area contributed by atoms with E-state index in [4.69, 9.17) is 5.11 Å². The highest BCUT2D eigenvalue weighted by atomic mass is 35.5. The van der Waals surface area contributed by atoms with Gasteiger partial charge in [0.2, 0.25) is 0 Å². The number of rotatable bonds is 0. The molecule has 0 bridgehead atoms. The van der Waals surface area contributed by atoms with Crippen LogP contribution in [0.2, 0.25) is 0 Å². The lowest BCUT2D eigenvalue weighted by atomic mass is 10.8. The number of carbonyl (C=O) groups excluding carboxylic acids is 1. The summed E-state index contributed by atoms with van der Waals surface area (Å²) >= 11 is 0. The number of carboxylic acid groups (broad SMARTS) is 1. The van der Waals surface area contributed by atoms with Crippen LogP contribution in [-0.4, -0.2) is 36.4 Å². The number of hydrogen-bond acceptors (Lipinski definition) is 3. The fourth-order valence-corrected chi connectivity index (χ4v) is 0.215. The Labute approximate surface area is 64.0 Å². The molecule has 0 aliphatic carbocycles. The third-order valence-corrected chi connectivity index (χ3v) is 0.735. The van der Waals surface area contributed by atoms with Crippen molar-refractivity contribution in [1.82, 2.24) is 4.90 Å². The molecule has 60 valence electrons. The molecule has 0 aromatic carbocycles. The van der Waals surface area contributed by atoms with Crippen LogP contribution in [0.1, 0.15) is 0 Å². The fraction of sp³-hybridized carbons (Fsp3) is 0.500. The lowest BCUT2D eigenvalue weighted by Crippen LogP contribution is -2.31. The van der Waals surface area contributed by atoms with Crippen LogP contribution in [0.5, 0.6) is 0 Å². The van der Waals surface area contributed by atoms with Crippen molar-refractivity contribution in [2.24, 2.45) is 0 Å². The zero-order chi connectivity index (χ0) is 7.44. The van der Waals surface area contributed by atoms with E-state index < -0.39 is 12.2 Å². The van der Waals surface area contributed by atoms with Crippen LogP contribution in [0.3, 0.4) is 0 Å². The van der Waals surface area contributed by atoms with Gasteiger partial charge in [-0.25, -0.2) is 14.5 Å². The summed E-state index contributed by atoms with van der Waals surface area (Å²) in [6, 6.07) is 0. The van der Waals surface area contributed by atoms with Crippen LogP contribution < -0.4 is 0 Å². The van der Waals surface area contributed by atoms with Crippen LogP contribution in [-0.2, 0) is 4.74 Å². The number of methoxy groups -OCH3 is 1. The van der Waals surface area contributed by atoms with E-state index in [0.29, 0.717) is 4.90 Å². The van der Waals surface area contributed by atoms with Crippen LogP contribution in [0.4, 0.5) is 9.59 Å². The molecular formula is C4H8ClNO4. The second-order valence-electron chi connectivity index (χ2n) is 1.31. The molecule has 0 aliphatic heterocycles. The largest absolute Gasteiger partial charge is 0.465 e. The Hall–Kier alpha value is -0.970. The first-order valence-electron chi connectivity index (χ1n) is 2.14. The molecule has 0 saturated heterocycles. The maximum Gasteiger partial charge on any atom is 0.418 e. The van der Waals surface area contributed by atoms with E-state index in [1.807, 2.05) is 0 Å². The van der Waals surface area contributed by atoms with Crippen LogP contribution in [0, 0.1) is 0 Å². The molecule has 0 aromatic heterocycles. The monoisotopic (exact) mass is 169 g/mol. The van der Waals surface area contributed by atoms with Gasteiger partial charge in [-0.3, -0.25) is 0 Å². The molecule has 0 heterocycles. The molecule has 0 fully saturated rings. The van der Waals surface area contributed by atoms with E-state index in [0.717, 1.165) is 14.2 Å². The zero-order valence-electron chi connectivity index (χ0n) is 5.53. The molecular weight excluding hydrogens is 162 g/mol. The third kappa shape index (κ3) is 3.13. The molecule has 0 aliphatic rings. The van der Waals surface area contributed by atoms with E-state index in [1.165, 1.54) is 0 Å². The predicted octanol–water partition coefficient (Wildman–Crippen LogP) is 0.784. The number of imide groups is 1. The third-order valence-electron chi connectivity index (χ3n) is 0.735. The van der Waals surface area contributed by atoms with Crippen molar-refractivity contribution in [1.29, 1.82) is 0 Å². The molecule has 0 aromatic rings. The first-order chi connectivity index (χ1) is 4.09. The van der Waals surface area contributed by atoms with Crippen molar-refractivity contribution in [3.05, 3.63) is 0 Å². The Morgan fingerprint density at radius 2 is 1.90 bits per heavy atom. The number of carbonyl (C=O) groups is 2. The molecule has 2 amide bonds. The zero-order valence-corrected chi connectivity index (χ0v) is 6.34. The predicted molar refractivity (Wildman–Crippen MR) is 35.4 cm³/mol. The first kappa shape index (κ1) is 11.8. The Morgan fingerprint density at radius 3 is 2.00 bits per heavy atom. The molecule has 0 spiro atoms. The van der Waals surface area contributed by atoms with Crippen molar-refractivity contribution < 1.29 is 19.4 Å². The number of hydrogen-bond donors (Lipinski definition) is 1. The molecule has 0 radical (unpaired) electrons. The Kier molecular flexibility index (Phi) is 5.73. The molecule has 1 N–H and O–H groups in total. The van der Waals surface area contributed by atoms with Gasteiger partial charge in [-0.05, 0) is 0 Å². The van der Waals surface area contributed by atoms with E-state index in [9.17, 15) is 9.59 Å². The summed E-state index contributed by atoms with van der Waals surface area (Å²) in [5.74, 6) is 0. The standard InChI is InChI=1S/C4H7NO4.ClH/c1-5(3(6)7)4(8)9-2;/h1-2H3,(H,6,7);1H. The van der Waals surface area contributed by atoms with Gasteiger partial charge in [0.1, 0.15) is 0 Å². The highest BCUT2D eigenvalue weighted by Crippen LogP contribution is 1.86. The quantitative estimate of drug-likeness (QED) is 0.582. The van der Waals surface area contributed by atoms with E-state index >= 15 is 0 Å². The average molecular weight is 170 g/mol. The second kappa shape index (κ2) is 4.87. The molecule has 0 atom stereocenters. The van der Waals surface area contributed by atoms with Gasteiger partial charge >= 0.3 is 12.2 Å². The lowest BCUT2D eigenvalue weighted by molar-refractivity contribution is 0.118. The van der Waals surface area contributed by atoms with Gasteiger partial charge in [0, 0.05) is 7.05 Å². The molecule has 0 rings (SSSR count). The van der Waals surface area contributed by atoms with Gasteiger partial charge in [0.25, 0.3) is 0 Å². The van der Waals surface area contributed by atoms with Crippen molar-refractivity contribution in [3.63, 3.8) is 0 Å². The number of nitrogens with zero attached hydrogens (tertiary/aromatic N) is 1. The summed E-state index contributed by atoms with van der Waals surface area (Å²) in [5.41, 5.74) is 0. The minimum absolute atomic E-state index is 0. The normalized spacial score (nSPS) is 7.40. The number of amides is 2. The van der Waals surface area contributed by atoms with E-state index in [-0.39, 0.29) is 12.4 Å². The van der Waals surface area contributed by atoms with Gasteiger partial charge < -0.3 is 9.84 Å². The molecule has 10 heavy (non-hydrogen) atoms. The molecule has 5 nitrogen and oxygen atoms in total. The van der Waals surface area contributed by atoms with Gasteiger partial charge in [-0.2, -0.15) is 0 Å². The summed E-state index contributed by atoms with van der Waals surface area (Å²) in [6.45, 7) is 0. The maximum atomic E-state index is 10.3. The molecule has 0 unspecified atom stereocenters. The number of halogens is 1. The van der Waals surface area contributed by atoms with Crippen molar-refractivity contribution in [3.8, 4) is 0 Å². The van der Waals surface area contributed by atoms with Gasteiger partial charge in [0.05, 0.1) is 7.11 Å². The smallest absolute Gasteiger partial charge is 0.418 e. The van der Waals surface area contributed by atoms with Gasteiger partial charge in [-0.15, -0.1) is 12.4 Å². The first-order valence-corrected chi connectivity index (χ1v) is 2.14. The topological polar surface area (TPSA) is 66.8 Å². The van der Waals surface area contributed by atoms with Crippen molar-refractivity contribution >= 4 is 24.6 Å². The van der Waals surface area contributed by atoms with Crippen LogP contribution in [0.25, 0.3) is 0 Å². The Bertz CT molecular complexity index is 137. The average Bonchev–Trinajstić information content (AvgIpc) is 1.84. The highest BCUT2D eigenvalue weighted by Gasteiger charge is 2.13. The summed E-state index contributed by atoms with van der Waals surface area (Å²) < 4.78 is 4.08. The molecule has 0 saturated carbocycles. The van der Waals surface area contributed by atoms with E-state index in [2.05, 4.69) is 4.74 Å². The molecule has 6 heteroatoms. The van der Waals surface area contributed by atoms with Crippen molar-refractivity contribution in [2.45, 2.75) is 0 Å². The fourth-order valence-electron chi connectivity index (χ4n) is 0.215. The summed E-state index contributed by atoms with van der Waals surface area (Å²) in [4.78, 5) is 20.6. The summed E-state index contributed by atoms with van der Waals surface area (Å²) in [5, 5.41) is 8.11. The highest BCUT2D eigenvalue weighted by molar-refractivity contribution is 5.86. The Morgan fingerprint density at radius 1 is 1.50 bits per heavy atom. The minimum atomic E-state index is -1.33. The number of ether oxygens (including phenoxy) is 1. The Balaban J connectivity index is 0. The maximum absolute atomic E-state index is 10.3. The minimum Gasteiger partial charge on any atom is -0.465 e. The van der Waals surface area contributed by atoms with Gasteiger partial charge in [0.15, 0.2) is 0 Å². The second-order valence-corrected chi connectivity index (χ2v) is 1.31. The lowest BCUT2D eigenvalue weighted by Gasteiger charge is -2.07. The van der Waals surface area contributed by atoms with Crippen LogP contribution in [0.15, 0.2) is 0 Å². The van der Waals surface area contributed by atoms with Crippen molar-refractivity contribution in [2.75, 3.05) is 14.2 Å². The van der Waals surface area contributed by atoms with Crippen LogP contribution >= 0.6 is 12.4 Å². The van der Waals surface area contributed by atoms with E-state index in [1.54, 1.807) is 0 Å². The van der Waals surface area contributed by atoms with Gasteiger partial charge in [-0.1, -0.05) is 0 Å². The summed E-state index contributed by atoms with van der Waals surface area (Å²) in [7, 11) is 2.22.